The van der Waals surface area contributed by atoms with Crippen molar-refractivity contribution in [2.24, 2.45) is 0 Å². The molecule has 0 aliphatic carbocycles. The maximum absolute atomic E-state index is 13.6. The number of phenolic OH excluding ortho intramolecular Hbond substituents is 1. The molecule has 0 aromatic heterocycles. The second kappa shape index (κ2) is 5.66. The molecule has 94 valence electrons. The van der Waals surface area contributed by atoms with Gasteiger partial charge in [0, 0.05) is 12.6 Å². The molecule has 0 aliphatic heterocycles. The number of carbonyl (C=O) groups is 1. The molecule has 1 N–H and O–H groups in total. The Morgan fingerprint density at radius 3 is 2.59 bits per heavy atom. The van der Waals surface area contributed by atoms with Gasteiger partial charge in [-0.1, -0.05) is 13.0 Å². The summed E-state index contributed by atoms with van der Waals surface area (Å²) in [5, 5.41) is 9.57. The average molecular weight is 239 g/mol. The van der Waals surface area contributed by atoms with E-state index in [2.05, 4.69) is 0 Å². The smallest absolute Gasteiger partial charge is 0.260 e. The third-order valence-corrected chi connectivity index (χ3v) is 2.55. The molecule has 0 spiro atoms. The van der Waals surface area contributed by atoms with Crippen molar-refractivity contribution in [3.63, 3.8) is 0 Å². The second-order valence-corrected chi connectivity index (χ2v) is 4.23. The summed E-state index contributed by atoms with van der Waals surface area (Å²) < 4.78 is 13.6. The van der Waals surface area contributed by atoms with Crippen molar-refractivity contribution in [1.82, 2.24) is 4.90 Å². The van der Waals surface area contributed by atoms with Gasteiger partial charge in [0.2, 0.25) is 0 Å². The lowest BCUT2D eigenvalue weighted by atomic mass is 10.1. The van der Waals surface area contributed by atoms with Crippen molar-refractivity contribution in [1.29, 1.82) is 0 Å². The number of hydrogen-bond donors (Lipinski definition) is 1. The van der Waals surface area contributed by atoms with Crippen LogP contribution in [0.1, 0.15) is 37.6 Å². The highest BCUT2D eigenvalue weighted by Crippen LogP contribution is 2.22. The van der Waals surface area contributed by atoms with Gasteiger partial charge in [0.05, 0.1) is 0 Å². The first-order valence-electron chi connectivity index (χ1n) is 5.77. The van der Waals surface area contributed by atoms with Crippen molar-refractivity contribution in [3.05, 3.63) is 29.6 Å². The van der Waals surface area contributed by atoms with Crippen molar-refractivity contribution in [2.45, 2.75) is 33.2 Å². The van der Waals surface area contributed by atoms with E-state index in [1.807, 2.05) is 20.8 Å². The van der Waals surface area contributed by atoms with E-state index in [1.165, 1.54) is 18.2 Å². The van der Waals surface area contributed by atoms with Crippen LogP contribution in [-0.4, -0.2) is 28.5 Å². The summed E-state index contributed by atoms with van der Waals surface area (Å²) in [6.07, 6.45) is 0.791. The van der Waals surface area contributed by atoms with Crippen LogP contribution >= 0.6 is 0 Å². The van der Waals surface area contributed by atoms with Gasteiger partial charge in [-0.2, -0.15) is 0 Å². The summed E-state index contributed by atoms with van der Waals surface area (Å²) in [6, 6.07) is 3.85. The Hall–Kier alpha value is -1.58. The van der Waals surface area contributed by atoms with Crippen molar-refractivity contribution >= 4 is 5.91 Å². The molecule has 3 nitrogen and oxygen atoms in total. The summed E-state index contributed by atoms with van der Waals surface area (Å²) >= 11 is 0. The standard InChI is InChI=1S/C13H18FNO2/c1-4-8-15(9(2)3)13(17)12-10(14)6-5-7-11(12)16/h5-7,9,16H,4,8H2,1-3H3. The molecule has 17 heavy (non-hydrogen) atoms. The molecule has 0 fully saturated rings. The molecule has 0 atom stereocenters. The molecule has 0 heterocycles. The Kier molecular flexibility index (Phi) is 4.49. The lowest BCUT2D eigenvalue weighted by molar-refractivity contribution is 0.0698. The zero-order valence-corrected chi connectivity index (χ0v) is 10.4. The quantitative estimate of drug-likeness (QED) is 0.877. The zero-order valence-electron chi connectivity index (χ0n) is 10.4. The Bertz CT molecular complexity index is 384. The fourth-order valence-electron chi connectivity index (χ4n) is 1.70. The number of hydrogen-bond acceptors (Lipinski definition) is 2. The van der Waals surface area contributed by atoms with Gasteiger partial charge in [-0.25, -0.2) is 4.39 Å². The van der Waals surface area contributed by atoms with Gasteiger partial charge in [-0.15, -0.1) is 0 Å². The monoisotopic (exact) mass is 239 g/mol. The summed E-state index contributed by atoms with van der Waals surface area (Å²) in [7, 11) is 0. The maximum Gasteiger partial charge on any atom is 0.260 e. The summed E-state index contributed by atoms with van der Waals surface area (Å²) in [6.45, 7) is 6.23. The van der Waals surface area contributed by atoms with Crippen LogP contribution in [0.2, 0.25) is 0 Å². The molecule has 4 heteroatoms. The van der Waals surface area contributed by atoms with E-state index in [4.69, 9.17) is 0 Å². The first-order chi connectivity index (χ1) is 7.99. The fraction of sp³-hybridized carbons (Fsp3) is 0.462. The van der Waals surface area contributed by atoms with E-state index < -0.39 is 11.7 Å². The normalized spacial score (nSPS) is 10.6. The molecule has 0 saturated carbocycles. The third-order valence-electron chi connectivity index (χ3n) is 2.55. The summed E-state index contributed by atoms with van der Waals surface area (Å²) in [5.41, 5.74) is -0.241. The highest BCUT2D eigenvalue weighted by Gasteiger charge is 2.23. The van der Waals surface area contributed by atoms with Crippen LogP contribution in [0.25, 0.3) is 0 Å². The van der Waals surface area contributed by atoms with Gasteiger partial charge in [-0.3, -0.25) is 4.79 Å². The minimum absolute atomic E-state index is 0.0264. The van der Waals surface area contributed by atoms with Crippen LogP contribution in [-0.2, 0) is 0 Å². The van der Waals surface area contributed by atoms with Crippen molar-refractivity contribution in [3.8, 4) is 5.75 Å². The minimum Gasteiger partial charge on any atom is -0.507 e. The topological polar surface area (TPSA) is 40.5 Å². The van der Waals surface area contributed by atoms with E-state index >= 15 is 0 Å². The first-order valence-corrected chi connectivity index (χ1v) is 5.77. The first kappa shape index (κ1) is 13.5. The van der Waals surface area contributed by atoms with Gasteiger partial charge in [-0.05, 0) is 32.4 Å². The van der Waals surface area contributed by atoms with E-state index in [0.717, 1.165) is 6.42 Å². The number of carbonyl (C=O) groups excluding carboxylic acids is 1. The lowest BCUT2D eigenvalue weighted by Gasteiger charge is -2.26. The van der Waals surface area contributed by atoms with E-state index in [0.29, 0.717) is 6.54 Å². The van der Waals surface area contributed by atoms with Crippen molar-refractivity contribution < 1.29 is 14.3 Å². The lowest BCUT2D eigenvalue weighted by Crippen LogP contribution is -2.38. The number of aromatic hydroxyl groups is 1. The van der Waals surface area contributed by atoms with Crippen LogP contribution in [0, 0.1) is 5.82 Å². The predicted molar refractivity (Wildman–Crippen MR) is 64.5 cm³/mol. The summed E-state index contributed by atoms with van der Waals surface area (Å²) in [4.78, 5) is 13.7. The maximum atomic E-state index is 13.6. The van der Waals surface area contributed by atoms with Gasteiger partial charge in [0.1, 0.15) is 17.1 Å². The molecule has 1 aromatic carbocycles. The van der Waals surface area contributed by atoms with E-state index in [9.17, 15) is 14.3 Å². The molecule has 1 aromatic rings. The highest BCUT2D eigenvalue weighted by atomic mass is 19.1. The predicted octanol–water partition coefficient (Wildman–Crippen LogP) is 2.79. The molecule has 1 rings (SSSR count). The molecule has 0 bridgehead atoms. The van der Waals surface area contributed by atoms with Crippen LogP contribution in [0.15, 0.2) is 18.2 Å². The molecule has 1 amide bonds. The number of halogens is 1. The molecule has 0 radical (unpaired) electrons. The van der Waals surface area contributed by atoms with Crippen LogP contribution in [0.5, 0.6) is 5.75 Å². The highest BCUT2D eigenvalue weighted by molar-refractivity contribution is 5.97. The fourth-order valence-corrected chi connectivity index (χ4v) is 1.70. The largest absolute Gasteiger partial charge is 0.507 e. The van der Waals surface area contributed by atoms with E-state index in [1.54, 1.807) is 4.90 Å². The van der Waals surface area contributed by atoms with Crippen LogP contribution < -0.4 is 0 Å². The second-order valence-electron chi connectivity index (χ2n) is 4.23. The molecular weight excluding hydrogens is 221 g/mol. The zero-order chi connectivity index (χ0) is 13.0. The van der Waals surface area contributed by atoms with Crippen LogP contribution in [0.4, 0.5) is 4.39 Å². The number of nitrogens with zero attached hydrogens (tertiary/aromatic N) is 1. The third kappa shape index (κ3) is 2.96. The number of rotatable bonds is 4. The van der Waals surface area contributed by atoms with Gasteiger partial charge < -0.3 is 10.0 Å². The number of amides is 1. The molecule has 0 saturated heterocycles. The van der Waals surface area contributed by atoms with Crippen LogP contribution in [0.3, 0.4) is 0 Å². The summed E-state index contributed by atoms with van der Waals surface area (Å²) in [5.74, 6) is -1.45. The Labute approximate surface area is 101 Å². The van der Waals surface area contributed by atoms with Gasteiger partial charge in [0.25, 0.3) is 5.91 Å². The SMILES string of the molecule is CCCN(C(=O)c1c(O)cccc1F)C(C)C. The van der Waals surface area contributed by atoms with Gasteiger partial charge in [0.15, 0.2) is 0 Å². The molecule has 0 unspecified atom stereocenters. The minimum atomic E-state index is -0.684. The molecule has 0 aliphatic rings. The van der Waals surface area contributed by atoms with Crippen molar-refractivity contribution in [2.75, 3.05) is 6.54 Å². The number of benzene rings is 1. The number of phenols is 1. The van der Waals surface area contributed by atoms with Gasteiger partial charge >= 0.3 is 0 Å². The molecular formula is C13H18FNO2. The Morgan fingerprint density at radius 2 is 2.12 bits per heavy atom. The Balaban J connectivity index is 3.09. The average Bonchev–Trinajstić information content (AvgIpc) is 2.24. The van der Waals surface area contributed by atoms with E-state index in [-0.39, 0.29) is 17.4 Å². The Morgan fingerprint density at radius 1 is 1.47 bits per heavy atom.